The van der Waals surface area contributed by atoms with Gasteiger partial charge in [-0.25, -0.2) is 9.78 Å². The number of carboxylic acid groups (broad SMARTS) is 1. The van der Waals surface area contributed by atoms with Crippen LogP contribution in [0.25, 0.3) is 0 Å². The van der Waals surface area contributed by atoms with Crippen molar-refractivity contribution in [1.82, 2.24) is 9.88 Å². The van der Waals surface area contributed by atoms with Gasteiger partial charge in [-0.15, -0.1) is 22.7 Å². The Labute approximate surface area is 114 Å². The number of hydrogen-bond acceptors (Lipinski definition) is 5. The van der Waals surface area contributed by atoms with Crippen molar-refractivity contribution >= 4 is 28.6 Å². The van der Waals surface area contributed by atoms with Crippen LogP contribution in [-0.2, 0) is 13.1 Å². The Kier molecular flexibility index (Phi) is 4.46. The Morgan fingerprint density at radius 2 is 2.28 bits per heavy atom. The van der Waals surface area contributed by atoms with Crippen LogP contribution in [-0.4, -0.2) is 27.5 Å². The molecule has 4 nitrogen and oxygen atoms in total. The minimum absolute atomic E-state index is 0.164. The van der Waals surface area contributed by atoms with Crippen LogP contribution >= 0.6 is 22.7 Å². The predicted octanol–water partition coefficient (Wildman–Crippen LogP) is 2.92. The zero-order valence-corrected chi connectivity index (χ0v) is 11.6. The normalized spacial score (nSPS) is 11.0. The van der Waals surface area contributed by atoms with Gasteiger partial charge in [-0.3, -0.25) is 4.90 Å². The van der Waals surface area contributed by atoms with Gasteiger partial charge in [0.05, 0.1) is 5.69 Å². The fraction of sp³-hybridized carbons (Fsp3) is 0.333. The van der Waals surface area contributed by atoms with E-state index in [1.807, 2.05) is 11.4 Å². The molecule has 0 aliphatic heterocycles. The molecule has 18 heavy (non-hydrogen) atoms. The maximum Gasteiger partial charge on any atom is 0.365 e. The van der Waals surface area contributed by atoms with Gasteiger partial charge in [0.2, 0.25) is 5.01 Å². The third-order valence-corrected chi connectivity index (χ3v) is 4.27. The maximum absolute atomic E-state index is 10.8. The summed E-state index contributed by atoms with van der Waals surface area (Å²) in [5, 5.41) is 12.9. The second-order valence-corrected chi connectivity index (χ2v) is 5.72. The quantitative estimate of drug-likeness (QED) is 0.885. The second kappa shape index (κ2) is 6.08. The van der Waals surface area contributed by atoms with Crippen molar-refractivity contribution in [3.63, 3.8) is 0 Å². The lowest BCUT2D eigenvalue weighted by Gasteiger charge is -2.18. The molecular weight excluding hydrogens is 268 g/mol. The van der Waals surface area contributed by atoms with Gasteiger partial charge in [-0.05, 0) is 18.0 Å². The predicted molar refractivity (Wildman–Crippen MR) is 73.2 cm³/mol. The Morgan fingerprint density at radius 1 is 1.44 bits per heavy atom. The van der Waals surface area contributed by atoms with Crippen LogP contribution in [0.5, 0.6) is 0 Å². The van der Waals surface area contributed by atoms with Crippen molar-refractivity contribution in [1.29, 1.82) is 0 Å². The number of hydrogen-bond donors (Lipinski definition) is 1. The van der Waals surface area contributed by atoms with Crippen molar-refractivity contribution in [3.05, 3.63) is 38.5 Å². The zero-order valence-electron chi connectivity index (χ0n) is 10.00. The third kappa shape index (κ3) is 3.38. The number of nitrogens with zero attached hydrogens (tertiary/aromatic N) is 2. The molecule has 0 unspecified atom stereocenters. The minimum Gasteiger partial charge on any atom is -0.476 e. The first-order valence-electron chi connectivity index (χ1n) is 5.61. The molecule has 2 aromatic heterocycles. The van der Waals surface area contributed by atoms with E-state index in [-0.39, 0.29) is 5.01 Å². The van der Waals surface area contributed by atoms with E-state index in [4.69, 9.17) is 5.11 Å². The lowest BCUT2D eigenvalue weighted by Crippen LogP contribution is -2.22. The van der Waals surface area contributed by atoms with E-state index in [0.717, 1.165) is 18.8 Å². The highest BCUT2D eigenvalue weighted by Gasteiger charge is 2.12. The first kappa shape index (κ1) is 13.2. The van der Waals surface area contributed by atoms with Gasteiger partial charge in [-0.1, -0.05) is 13.0 Å². The summed E-state index contributed by atoms with van der Waals surface area (Å²) < 4.78 is 0. The third-order valence-electron chi connectivity index (χ3n) is 2.53. The fourth-order valence-electron chi connectivity index (χ4n) is 1.61. The Bertz CT molecular complexity index is 508. The number of carboxylic acids is 1. The van der Waals surface area contributed by atoms with Crippen molar-refractivity contribution in [2.24, 2.45) is 0 Å². The lowest BCUT2D eigenvalue weighted by molar-refractivity contribution is 0.0696. The number of aromatic carboxylic acids is 1. The summed E-state index contributed by atoms with van der Waals surface area (Å²) in [6, 6.07) is 4.15. The lowest BCUT2D eigenvalue weighted by atomic mass is 10.3. The highest BCUT2D eigenvalue weighted by molar-refractivity contribution is 7.11. The molecule has 0 aromatic carbocycles. The zero-order chi connectivity index (χ0) is 13.0. The molecule has 2 aromatic rings. The van der Waals surface area contributed by atoms with Gasteiger partial charge in [0, 0.05) is 23.3 Å². The smallest absolute Gasteiger partial charge is 0.365 e. The highest BCUT2D eigenvalue weighted by atomic mass is 32.1. The van der Waals surface area contributed by atoms with Crippen LogP contribution in [0.15, 0.2) is 22.9 Å². The summed E-state index contributed by atoms with van der Waals surface area (Å²) in [5.74, 6) is -0.951. The maximum atomic E-state index is 10.8. The van der Waals surface area contributed by atoms with E-state index >= 15 is 0 Å². The largest absolute Gasteiger partial charge is 0.476 e. The first-order valence-corrected chi connectivity index (χ1v) is 7.37. The average molecular weight is 282 g/mol. The number of thiophene rings is 1. The molecule has 0 bridgehead atoms. The molecule has 2 rings (SSSR count). The van der Waals surface area contributed by atoms with Crippen molar-refractivity contribution in [3.8, 4) is 0 Å². The molecule has 96 valence electrons. The van der Waals surface area contributed by atoms with E-state index < -0.39 is 5.97 Å². The molecule has 0 saturated carbocycles. The van der Waals surface area contributed by atoms with Crippen LogP contribution in [0.3, 0.4) is 0 Å². The molecule has 0 fully saturated rings. The highest BCUT2D eigenvalue weighted by Crippen LogP contribution is 2.16. The summed E-state index contributed by atoms with van der Waals surface area (Å²) in [4.78, 5) is 18.4. The van der Waals surface area contributed by atoms with Gasteiger partial charge in [0.1, 0.15) is 0 Å². The topological polar surface area (TPSA) is 53.4 Å². The van der Waals surface area contributed by atoms with E-state index in [1.54, 1.807) is 11.3 Å². The minimum atomic E-state index is -0.951. The summed E-state index contributed by atoms with van der Waals surface area (Å²) in [7, 11) is 0. The number of thiazole rings is 1. The summed E-state index contributed by atoms with van der Waals surface area (Å²) in [6.07, 6.45) is 0. The van der Waals surface area contributed by atoms with E-state index in [0.29, 0.717) is 6.54 Å². The van der Waals surface area contributed by atoms with E-state index in [2.05, 4.69) is 28.3 Å². The van der Waals surface area contributed by atoms with Crippen LogP contribution < -0.4 is 0 Å². The first-order chi connectivity index (χ1) is 8.69. The monoisotopic (exact) mass is 282 g/mol. The molecule has 0 spiro atoms. The molecule has 0 saturated heterocycles. The van der Waals surface area contributed by atoms with Crippen molar-refractivity contribution < 1.29 is 9.90 Å². The van der Waals surface area contributed by atoms with Gasteiger partial charge < -0.3 is 5.11 Å². The van der Waals surface area contributed by atoms with Gasteiger partial charge in [0.15, 0.2) is 0 Å². The number of rotatable bonds is 6. The molecule has 0 amide bonds. The Balaban J connectivity index is 1.98. The van der Waals surface area contributed by atoms with E-state index in [1.165, 1.54) is 16.2 Å². The molecule has 0 aliphatic carbocycles. The fourth-order valence-corrected chi connectivity index (χ4v) is 3.00. The SMILES string of the molecule is CCN(Cc1csc(C(=O)O)n1)Cc1cccs1. The summed E-state index contributed by atoms with van der Waals surface area (Å²) >= 11 is 2.92. The Morgan fingerprint density at radius 3 is 2.83 bits per heavy atom. The molecule has 6 heteroatoms. The van der Waals surface area contributed by atoms with Gasteiger partial charge in [0.25, 0.3) is 0 Å². The molecule has 0 atom stereocenters. The summed E-state index contributed by atoms with van der Waals surface area (Å²) in [6.45, 7) is 4.59. The van der Waals surface area contributed by atoms with Crippen LogP contribution in [0.1, 0.15) is 27.3 Å². The molecule has 0 aliphatic rings. The van der Waals surface area contributed by atoms with Crippen LogP contribution in [0.4, 0.5) is 0 Å². The second-order valence-electron chi connectivity index (χ2n) is 3.83. The number of carbonyl (C=O) groups is 1. The Hall–Kier alpha value is -1.24. The molecular formula is C12H14N2O2S2. The van der Waals surface area contributed by atoms with Crippen molar-refractivity contribution in [2.75, 3.05) is 6.54 Å². The summed E-state index contributed by atoms with van der Waals surface area (Å²) in [5.41, 5.74) is 0.829. The van der Waals surface area contributed by atoms with Crippen LogP contribution in [0.2, 0.25) is 0 Å². The average Bonchev–Trinajstić information content (AvgIpc) is 2.99. The van der Waals surface area contributed by atoms with Crippen molar-refractivity contribution in [2.45, 2.75) is 20.0 Å². The number of aromatic nitrogens is 1. The molecule has 1 N–H and O–H groups in total. The van der Waals surface area contributed by atoms with Gasteiger partial charge in [-0.2, -0.15) is 0 Å². The molecule has 0 radical (unpaired) electrons. The van der Waals surface area contributed by atoms with E-state index in [9.17, 15) is 4.79 Å². The molecule has 2 heterocycles. The standard InChI is InChI=1S/C12H14N2O2S2/c1-2-14(7-10-4-3-5-17-10)6-9-8-18-11(13-9)12(15)16/h3-5,8H,2,6-7H2,1H3,(H,15,16). The van der Waals surface area contributed by atoms with Gasteiger partial charge >= 0.3 is 5.97 Å². The van der Waals surface area contributed by atoms with Crippen LogP contribution in [0, 0.1) is 0 Å².